The van der Waals surface area contributed by atoms with Gasteiger partial charge in [-0.05, 0) is 36.6 Å². The van der Waals surface area contributed by atoms with Crippen LogP contribution in [0.4, 0.5) is 5.82 Å². The van der Waals surface area contributed by atoms with Crippen LogP contribution in [0.2, 0.25) is 0 Å². The summed E-state index contributed by atoms with van der Waals surface area (Å²) in [6, 6.07) is 9.57. The fourth-order valence-corrected chi connectivity index (χ4v) is 4.67. The predicted molar refractivity (Wildman–Crippen MR) is 112 cm³/mol. The van der Waals surface area contributed by atoms with Gasteiger partial charge in [0.15, 0.2) is 0 Å². The number of nitrogens with one attached hydrogen (secondary N) is 1. The summed E-state index contributed by atoms with van der Waals surface area (Å²) in [5.74, 6) is 1.99. The Morgan fingerprint density at radius 3 is 2.80 bits per heavy atom. The first-order valence-electron chi connectivity index (χ1n) is 10.2. The first-order chi connectivity index (χ1) is 14.6. The molecule has 0 aromatic carbocycles. The molecule has 0 aliphatic carbocycles. The Kier molecular flexibility index (Phi) is 4.61. The molecule has 1 N–H and O–H groups in total. The maximum Gasteiger partial charge on any atom is 0.263 e. The van der Waals surface area contributed by atoms with E-state index in [4.69, 9.17) is 0 Å². The van der Waals surface area contributed by atoms with Gasteiger partial charge in [-0.1, -0.05) is 6.07 Å². The van der Waals surface area contributed by atoms with Crippen LogP contribution in [0, 0.1) is 5.92 Å². The van der Waals surface area contributed by atoms with Crippen molar-refractivity contribution in [1.29, 1.82) is 0 Å². The van der Waals surface area contributed by atoms with Crippen molar-refractivity contribution in [2.24, 2.45) is 13.0 Å². The molecule has 2 aliphatic rings. The van der Waals surface area contributed by atoms with Crippen molar-refractivity contribution in [3.05, 3.63) is 76.4 Å². The topological polar surface area (TPSA) is 85.0 Å². The summed E-state index contributed by atoms with van der Waals surface area (Å²) in [5, 5.41) is 2.82. The van der Waals surface area contributed by atoms with E-state index in [-0.39, 0.29) is 29.5 Å². The minimum absolute atomic E-state index is 0.189. The summed E-state index contributed by atoms with van der Waals surface area (Å²) in [5.41, 5.74) is 0.998. The van der Waals surface area contributed by atoms with Crippen molar-refractivity contribution >= 4 is 11.7 Å². The number of fused-ring (bicyclic) bond motifs is 4. The molecule has 1 amide bonds. The van der Waals surface area contributed by atoms with Crippen molar-refractivity contribution in [3.63, 3.8) is 0 Å². The number of hydrogen-bond donors (Lipinski definition) is 1. The van der Waals surface area contributed by atoms with Gasteiger partial charge in [0.1, 0.15) is 17.2 Å². The Balaban J connectivity index is 1.37. The fourth-order valence-electron chi connectivity index (χ4n) is 4.67. The van der Waals surface area contributed by atoms with E-state index in [1.807, 2.05) is 52.8 Å². The smallest absolute Gasteiger partial charge is 0.263 e. The molecule has 8 heteroatoms. The predicted octanol–water partition coefficient (Wildman–Crippen LogP) is 1.53. The number of aryl methyl sites for hydroxylation is 1. The van der Waals surface area contributed by atoms with Crippen molar-refractivity contribution in [2.75, 3.05) is 18.0 Å². The first-order valence-corrected chi connectivity index (χ1v) is 10.2. The highest BCUT2D eigenvalue weighted by atomic mass is 16.2. The molecule has 3 aromatic heterocycles. The Morgan fingerprint density at radius 2 is 2.03 bits per heavy atom. The molecule has 1 saturated heterocycles. The van der Waals surface area contributed by atoms with Gasteiger partial charge >= 0.3 is 0 Å². The van der Waals surface area contributed by atoms with Crippen LogP contribution in [0.3, 0.4) is 0 Å². The molecule has 30 heavy (non-hydrogen) atoms. The molecular weight excluding hydrogens is 380 g/mol. The van der Waals surface area contributed by atoms with Crippen LogP contribution in [0.25, 0.3) is 0 Å². The van der Waals surface area contributed by atoms with E-state index in [1.54, 1.807) is 12.3 Å². The third-order valence-corrected chi connectivity index (χ3v) is 6.15. The Hall–Kier alpha value is -3.42. The second kappa shape index (κ2) is 7.44. The van der Waals surface area contributed by atoms with Crippen molar-refractivity contribution in [3.8, 4) is 0 Å². The highest BCUT2D eigenvalue weighted by Crippen LogP contribution is 2.36. The molecule has 5 heterocycles. The van der Waals surface area contributed by atoms with Gasteiger partial charge in [0, 0.05) is 56.9 Å². The van der Waals surface area contributed by atoms with E-state index >= 15 is 0 Å². The molecule has 2 bridgehead atoms. The summed E-state index contributed by atoms with van der Waals surface area (Å²) >= 11 is 0. The summed E-state index contributed by atoms with van der Waals surface area (Å²) < 4.78 is 3.65. The van der Waals surface area contributed by atoms with Gasteiger partial charge in [-0.25, -0.2) is 9.97 Å². The zero-order valence-corrected chi connectivity index (χ0v) is 16.9. The SMILES string of the molecule is Cn1ccnc1CNC(=O)c1ccc2n(c1=O)C[C@H]1C[C@@H]2CN(c2ccccn2)C1. The largest absolute Gasteiger partial charge is 0.356 e. The fraction of sp³-hybridized carbons (Fsp3) is 0.364. The molecule has 1 fully saturated rings. The monoisotopic (exact) mass is 404 g/mol. The third kappa shape index (κ3) is 3.28. The number of imidazole rings is 1. The van der Waals surface area contributed by atoms with E-state index in [2.05, 4.69) is 20.2 Å². The number of carbonyl (C=O) groups is 1. The minimum Gasteiger partial charge on any atom is -0.356 e. The number of carbonyl (C=O) groups excluding carboxylic acids is 1. The molecule has 2 atom stereocenters. The Morgan fingerprint density at radius 1 is 1.13 bits per heavy atom. The average Bonchev–Trinajstić information content (AvgIpc) is 3.18. The lowest BCUT2D eigenvalue weighted by Gasteiger charge is -2.43. The normalized spacial score (nSPS) is 20.0. The van der Waals surface area contributed by atoms with E-state index < -0.39 is 0 Å². The van der Waals surface area contributed by atoms with Crippen LogP contribution in [-0.4, -0.2) is 38.1 Å². The van der Waals surface area contributed by atoms with Gasteiger partial charge in [0.2, 0.25) is 0 Å². The summed E-state index contributed by atoms with van der Waals surface area (Å²) in [4.78, 5) is 36.8. The number of rotatable bonds is 4. The van der Waals surface area contributed by atoms with Gasteiger partial charge in [-0.15, -0.1) is 0 Å². The summed E-state index contributed by atoms with van der Waals surface area (Å²) in [7, 11) is 1.87. The van der Waals surface area contributed by atoms with Crippen LogP contribution in [0.5, 0.6) is 0 Å². The second-order valence-corrected chi connectivity index (χ2v) is 8.12. The molecule has 0 spiro atoms. The number of pyridine rings is 2. The molecule has 0 saturated carbocycles. The lowest BCUT2D eigenvalue weighted by molar-refractivity contribution is 0.0946. The third-order valence-electron chi connectivity index (χ3n) is 6.15. The van der Waals surface area contributed by atoms with E-state index in [0.717, 1.165) is 36.8 Å². The van der Waals surface area contributed by atoms with Crippen molar-refractivity contribution in [1.82, 2.24) is 24.4 Å². The van der Waals surface area contributed by atoms with Gasteiger partial charge < -0.3 is 19.4 Å². The van der Waals surface area contributed by atoms with Gasteiger partial charge in [0.25, 0.3) is 11.5 Å². The van der Waals surface area contributed by atoms with Gasteiger partial charge in [-0.2, -0.15) is 0 Å². The molecule has 2 aliphatic heterocycles. The molecule has 3 aromatic rings. The lowest BCUT2D eigenvalue weighted by atomic mass is 9.83. The highest BCUT2D eigenvalue weighted by molar-refractivity contribution is 5.93. The van der Waals surface area contributed by atoms with Crippen LogP contribution >= 0.6 is 0 Å². The molecule has 8 nitrogen and oxygen atoms in total. The van der Waals surface area contributed by atoms with Crippen LogP contribution < -0.4 is 15.8 Å². The van der Waals surface area contributed by atoms with Crippen LogP contribution in [-0.2, 0) is 20.1 Å². The lowest BCUT2D eigenvalue weighted by Crippen LogP contribution is -2.48. The van der Waals surface area contributed by atoms with E-state index in [1.165, 1.54) is 0 Å². The number of hydrogen-bond acceptors (Lipinski definition) is 5. The standard InChI is InChI=1S/C22H24N6O2/c1-26-9-8-24-20(26)11-25-21(29)17-5-6-18-16-10-15(13-28(18)22(17)30)12-27(14-16)19-4-2-3-7-23-19/h2-9,15-16H,10-14H2,1H3,(H,25,29)/t15-,16+/m0/s1. The Bertz CT molecular complexity index is 1140. The van der Waals surface area contributed by atoms with E-state index in [0.29, 0.717) is 12.5 Å². The summed E-state index contributed by atoms with van der Waals surface area (Å²) in [6.45, 7) is 2.62. The van der Waals surface area contributed by atoms with Gasteiger partial charge in [-0.3, -0.25) is 9.59 Å². The van der Waals surface area contributed by atoms with Gasteiger partial charge in [0.05, 0.1) is 6.54 Å². The number of anilines is 1. The first kappa shape index (κ1) is 18.6. The second-order valence-electron chi connectivity index (χ2n) is 8.12. The number of amides is 1. The maximum atomic E-state index is 13.1. The number of piperidine rings is 1. The molecule has 0 radical (unpaired) electrons. The highest BCUT2D eigenvalue weighted by Gasteiger charge is 2.35. The maximum absolute atomic E-state index is 13.1. The number of aromatic nitrogens is 4. The molecule has 5 rings (SSSR count). The van der Waals surface area contributed by atoms with E-state index in [9.17, 15) is 9.59 Å². The molecule has 154 valence electrons. The van der Waals surface area contributed by atoms with Crippen molar-refractivity contribution in [2.45, 2.75) is 25.4 Å². The molecular formula is C22H24N6O2. The minimum atomic E-state index is -0.357. The Labute approximate surface area is 174 Å². The van der Waals surface area contributed by atoms with Crippen LogP contribution in [0.1, 0.15) is 34.2 Å². The zero-order chi connectivity index (χ0) is 20.7. The quantitative estimate of drug-likeness (QED) is 0.713. The van der Waals surface area contributed by atoms with Crippen LogP contribution in [0.15, 0.2) is 53.7 Å². The zero-order valence-electron chi connectivity index (χ0n) is 16.9. The summed E-state index contributed by atoms with van der Waals surface area (Å²) in [6.07, 6.45) is 6.38. The average molecular weight is 404 g/mol. The molecule has 0 unspecified atom stereocenters. The van der Waals surface area contributed by atoms with Crippen molar-refractivity contribution < 1.29 is 4.79 Å². The number of nitrogens with zero attached hydrogens (tertiary/aromatic N) is 5.